The molecule has 15 rings (SSSR count). The lowest BCUT2D eigenvalue weighted by Crippen LogP contribution is -2.44. The molecular weight excluding hydrogens is 1730 g/mol. The second kappa shape index (κ2) is 46.3. The van der Waals surface area contributed by atoms with Crippen molar-refractivity contribution in [3.8, 4) is 11.5 Å². The Hall–Kier alpha value is -11.2. The van der Waals surface area contributed by atoms with Gasteiger partial charge in [0.2, 0.25) is 5.91 Å². The summed E-state index contributed by atoms with van der Waals surface area (Å²) in [6, 6.07) is 41.1. The quantitative estimate of drug-likeness (QED) is 0.0218. The van der Waals surface area contributed by atoms with E-state index in [1.165, 1.54) is 70.1 Å². The molecule has 1 saturated heterocycles. The third-order valence-electron chi connectivity index (χ3n) is 23.1. The fourth-order valence-electron chi connectivity index (χ4n) is 15.9. The third kappa shape index (κ3) is 26.1. The topological polar surface area (TPSA) is 292 Å². The van der Waals surface area contributed by atoms with Crippen LogP contribution in [-0.2, 0) is 68.9 Å². The number of carbonyl (C=O) groups excluding carboxylic acids is 6. The number of ether oxygens (including phenoxy) is 3. The minimum atomic E-state index is -0.552. The van der Waals surface area contributed by atoms with Crippen LogP contribution in [0.5, 0.6) is 11.5 Å². The average Bonchev–Trinajstić information content (AvgIpc) is 1.62. The molecular formula is C101H114ClFN10O12S4. The summed E-state index contributed by atoms with van der Waals surface area (Å²) in [5, 5.41) is 40.3. The van der Waals surface area contributed by atoms with E-state index in [1.54, 1.807) is 54.8 Å². The Morgan fingerprint density at radius 1 is 0.643 bits per heavy atom. The van der Waals surface area contributed by atoms with E-state index in [2.05, 4.69) is 84.5 Å². The number of hydrogen-bond acceptors (Lipinski definition) is 21. The third-order valence-corrected chi connectivity index (χ3v) is 26.5. The Kier molecular flexibility index (Phi) is 35.3. The fraction of sp³-hybridized carbons (Fsp3) is 0.347. The van der Waals surface area contributed by atoms with E-state index >= 15 is 0 Å². The average molecular weight is 1840 g/mol. The Balaban J connectivity index is 0.000000157. The summed E-state index contributed by atoms with van der Waals surface area (Å²) >= 11 is 20.2. The number of aryl methyl sites for hydroxylation is 8. The first-order chi connectivity index (χ1) is 61.9. The predicted molar refractivity (Wildman–Crippen MR) is 525 cm³/mol. The minimum absolute atomic E-state index is 0.0142. The lowest BCUT2D eigenvalue weighted by Gasteiger charge is -2.29. The lowest BCUT2D eigenvalue weighted by molar-refractivity contribution is -0.130. The number of aliphatic hydroxyl groups is 3. The van der Waals surface area contributed by atoms with Crippen molar-refractivity contribution in [2.45, 2.75) is 121 Å². The number of benzene rings is 7. The molecule has 10 aromatic rings. The number of aromatic nitrogens is 2. The number of Topliss-reactive ketones (excluding diaryl/α,β-unsaturated/α-hetero) is 3. The highest BCUT2D eigenvalue weighted by Crippen LogP contribution is 2.42. The number of rotatable bonds is 24. The van der Waals surface area contributed by atoms with Gasteiger partial charge in [0.15, 0.2) is 22.5 Å². The Bertz CT molecular complexity index is 5920. The molecule has 8 N–H and O–H groups in total. The van der Waals surface area contributed by atoms with E-state index in [4.69, 9.17) is 61.2 Å². The van der Waals surface area contributed by atoms with Gasteiger partial charge in [0.25, 0.3) is 5.91 Å². The summed E-state index contributed by atoms with van der Waals surface area (Å²) in [7, 11) is 2.88. The van der Waals surface area contributed by atoms with Crippen LogP contribution < -0.4 is 36.1 Å². The first kappa shape index (κ1) is 98.4. The smallest absolute Gasteiger partial charge is 0.341 e. The number of carbonyl (C=O) groups is 6. The van der Waals surface area contributed by atoms with Crippen molar-refractivity contribution >= 4 is 155 Å². The van der Waals surface area contributed by atoms with Gasteiger partial charge < -0.3 is 70.8 Å². The molecule has 5 aliphatic rings. The number of nitrogen functional groups attached to an aromatic ring is 1. The molecule has 28 heteroatoms. The summed E-state index contributed by atoms with van der Waals surface area (Å²) in [5.74, 6) is 2.98. The molecule has 129 heavy (non-hydrogen) atoms. The van der Waals surface area contributed by atoms with E-state index in [9.17, 15) is 48.5 Å². The van der Waals surface area contributed by atoms with E-state index in [0.717, 1.165) is 128 Å². The maximum Gasteiger partial charge on any atom is 0.341 e. The van der Waals surface area contributed by atoms with Gasteiger partial charge in [0, 0.05) is 135 Å². The first-order valence-corrected chi connectivity index (χ1v) is 46.0. The summed E-state index contributed by atoms with van der Waals surface area (Å²) in [5.41, 5.74) is 25.9. The summed E-state index contributed by atoms with van der Waals surface area (Å²) < 4.78 is 29.2. The fourth-order valence-corrected chi connectivity index (χ4v) is 19.1. The zero-order valence-electron chi connectivity index (χ0n) is 75.2. The van der Waals surface area contributed by atoms with Gasteiger partial charge in [0.05, 0.1) is 67.9 Å². The highest BCUT2D eigenvalue weighted by Gasteiger charge is 2.31. The molecule has 3 aromatic heterocycles. The van der Waals surface area contributed by atoms with E-state index in [1.807, 2.05) is 140 Å². The molecule has 1 unspecified atom stereocenters. The van der Waals surface area contributed by atoms with Crippen LogP contribution in [0.1, 0.15) is 140 Å². The Morgan fingerprint density at radius 3 is 1.95 bits per heavy atom. The number of nitrogens with two attached hydrogens (primary N) is 1. The second-order valence-electron chi connectivity index (χ2n) is 32.8. The van der Waals surface area contributed by atoms with Gasteiger partial charge in [-0.25, -0.2) is 19.2 Å². The highest BCUT2D eigenvalue weighted by molar-refractivity contribution is 7.80. The standard InChI is InChI=1S/C25H29NO3S.C23H26N2O3S.C22H22FNO3.C16H22N4S.C15H15ClN2O3S/c1-4-29-22-7-5-19(6-8-22)13-25(30)26(9-10-27)16-21-14-20-12-17(2)11-18(3)23(20)15-24(21)28;1-15-9-17-11-19(22(27)12-18(17)10-16(15)2)14-25(7-8-26)23(29)24-20-5-4-6-21(13-20)28-3;1-15-6-7-16-12-21(26)19(11-18(16)10-15)14-24(8-9-25)22(27)13-17-4-2-3-5-20(17)23;1-10-3-4-12-13(9-10)21-16-14(12)15(18-11(2)19-16)20-7-5-17-6-8-20;1-7-4-5-9(6-10(7)16)18-14(19)12-8(2)11(13(17)22-12)15(20)21-3/h5-8,11-12,14,27H,4,9-10,13,15-16H2,1-3H3;4-6,9-11,13,26H,7-8,12,14H2,1-3H3,(H,24,29);2-7,10-11,25H,8-9,12-14H2,1H3;10,17H,3-9H2,1-2H3;4-6H,17H2,1-3H3,(H,18,19). The zero-order valence-corrected chi connectivity index (χ0v) is 79.3. The van der Waals surface area contributed by atoms with Crippen LogP contribution in [0.2, 0.25) is 5.02 Å². The van der Waals surface area contributed by atoms with Gasteiger partial charge in [-0.1, -0.05) is 127 Å². The molecule has 7 aromatic carbocycles. The number of anilines is 4. The number of thiocarbonyl (C=S) groups is 2. The number of thiophene rings is 2. The monoisotopic (exact) mass is 1840 g/mol. The highest BCUT2D eigenvalue weighted by atomic mass is 35.5. The van der Waals surface area contributed by atoms with Crippen LogP contribution in [0.15, 0.2) is 150 Å². The number of amides is 2. The number of fused-ring (bicyclic) bond motifs is 6. The molecule has 0 spiro atoms. The number of esters is 1. The summed E-state index contributed by atoms with van der Waals surface area (Å²) in [6.07, 6.45) is 11.1. The summed E-state index contributed by atoms with van der Waals surface area (Å²) in [6.45, 7) is 26.4. The van der Waals surface area contributed by atoms with E-state index in [-0.39, 0.29) is 79.1 Å². The first-order valence-electron chi connectivity index (χ1n) is 43.2. The Labute approximate surface area is 778 Å². The molecule has 0 saturated carbocycles. The molecule has 1 atom stereocenters. The maximum atomic E-state index is 13.8. The van der Waals surface area contributed by atoms with E-state index < -0.39 is 11.8 Å². The van der Waals surface area contributed by atoms with Crippen LogP contribution in [0.25, 0.3) is 28.4 Å². The molecule has 22 nitrogen and oxygen atoms in total. The SMILES string of the molecule is CCOc1ccc(CC(=S)N(CCO)CC2=Cc3cc(C)cc(C)c3CC2=O)cc1.COC(=O)c1c(N)sc(C(=O)Nc2ccc(C)c(Cl)c2)c1C.COc1cccc(NC(=S)N(CCO)CC2=Cc3cc(C)c(C)cc3CC2=O)c1.Cc1ccc2c(c1)C=C(CN(CCO)C(=O)Cc1ccccc1F)C(=O)C2.Cc1nc(N2CCNCC2)c2c3c(sc2n1)CC(C)CC3. The number of ketones is 3. The number of aliphatic hydroxyl groups excluding tert-OH is 3. The second-order valence-corrected chi connectivity index (χ2v) is 36.2. The van der Waals surface area contributed by atoms with Crippen molar-refractivity contribution in [2.24, 2.45) is 5.92 Å². The van der Waals surface area contributed by atoms with Crippen molar-refractivity contribution in [1.82, 2.24) is 30.0 Å². The summed E-state index contributed by atoms with van der Waals surface area (Å²) in [4.78, 5) is 95.7. The number of piperazine rings is 1. The van der Waals surface area contributed by atoms with Crippen LogP contribution in [-0.4, -0.2) is 191 Å². The number of nitrogens with zero attached hydrogens (tertiary/aromatic N) is 6. The number of nitrogens with one attached hydrogen (secondary N) is 3. The van der Waals surface area contributed by atoms with Crippen LogP contribution >= 0.6 is 58.7 Å². The van der Waals surface area contributed by atoms with Crippen LogP contribution in [0.4, 0.5) is 26.6 Å². The van der Waals surface area contributed by atoms with Gasteiger partial charge in [-0.3, -0.25) is 24.0 Å². The van der Waals surface area contributed by atoms with Crippen LogP contribution in [0, 0.1) is 67.1 Å². The molecule has 0 bridgehead atoms. The molecule has 4 aliphatic carbocycles. The number of methoxy groups -OCH3 is 2. The maximum absolute atomic E-state index is 13.8. The largest absolute Gasteiger partial charge is 0.497 e. The Morgan fingerprint density at radius 2 is 1.27 bits per heavy atom. The van der Waals surface area contributed by atoms with Gasteiger partial charge in [-0.15, -0.1) is 22.7 Å². The van der Waals surface area contributed by atoms with Crippen LogP contribution in [0.3, 0.4) is 0 Å². The number of hydrogen-bond donors (Lipinski definition) is 7. The van der Waals surface area contributed by atoms with Gasteiger partial charge >= 0.3 is 5.97 Å². The normalized spacial score (nSPS) is 14.1. The zero-order chi connectivity index (χ0) is 92.9. The van der Waals surface area contributed by atoms with Crippen molar-refractivity contribution in [1.29, 1.82) is 0 Å². The molecule has 4 heterocycles. The molecule has 2 amide bonds. The lowest BCUT2D eigenvalue weighted by atomic mass is 9.87. The van der Waals surface area contributed by atoms with Gasteiger partial charge in [-0.2, -0.15) is 0 Å². The van der Waals surface area contributed by atoms with Gasteiger partial charge in [-0.05, 0) is 238 Å². The molecule has 1 aliphatic heterocycles. The van der Waals surface area contributed by atoms with Crippen molar-refractivity contribution in [2.75, 3.05) is 127 Å². The molecule has 678 valence electrons. The minimum Gasteiger partial charge on any atom is -0.497 e. The molecule has 0 radical (unpaired) electrons. The van der Waals surface area contributed by atoms with Crippen molar-refractivity contribution in [3.63, 3.8) is 0 Å². The van der Waals surface area contributed by atoms with Crippen molar-refractivity contribution in [3.05, 3.63) is 271 Å². The predicted octanol–water partition coefficient (Wildman–Crippen LogP) is 16.5. The van der Waals surface area contributed by atoms with Crippen molar-refractivity contribution < 1.29 is 62.7 Å². The van der Waals surface area contributed by atoms with Gasteiger partial charge in [0.1, 0.15) is 38.8 Å². The number of halogens is 2. The van der Waals surface area contributed by atoms with E-state index in [0.29, 0.717) is 106 Å². The molecule has 1 fully saturated rings.